The lowest BCUT2D eigenvalue weighted by Gasteiger charge is -2.28. The van der Waals surface area contributed by atoms with Gasteiger partial charge in [0.05, 0.1) is 18.8 Å². The van der Waals surface area contributed by atoms with E-state index < -0.39 is 0 Å². The molecule has 216 valence electrons. The molecule has 1 aliphatic heterocycles. The van der Waals surface area contributed by atoms with Crippen molar-refractivity contribution in [1.82, 2.24) is 14.5 Å². The van der Waals surface area contributed by atoms with Gasteiger partial charge in [-0.15, -0.1) is 17.0 Å². The molecule has 6 nitrogen and oxygen atoms in total. The van der Waals surface area contributed by atoms with E-state index >= 15 is 0 Å². The minimum absolute atomic E-state index is 0. The van der Waals surface area contributed by atoms with Crippen LogP contribution in [0.5, 0.6) is 5.75 Å². The molecule has 2 atom stereocenters. The van der Waals surface area contributed by atoms with Crippen molar-refractivity contribution in [3.8, 4) is 5.75 Å². The van der Waals surface area contributed by atoms with Gasteiger partial charge in [-0.05, 0) is 40.9 Å². The van der Waals surface area contributed by atoms with Crippen molar-refractivity contribution < 1.29 is 9.90 Å². The third kappa shape index (κ3) is 6.68. The molecule has 1 aromatic heterocycles. The van der Waals surface area contributed by atoms with Crippen molar-refractivity contribution in [2.45, 2.75) is 84.6 Å². The minimum atomic E-state index is -0.310. The monoisotopic (exact) mass is 608 g/mol. The zero-order chi connectivity index (χ0) is 28.5. The van der Waals surface area contributed by atoms with Gasteiger partial charge in [-0.25, -0.2) is 4.98 Å². The molecule has 1 saturated heterocycles. The number of amidine groups is 1. The number of nitrogens with one attached hydrogen (secondary N) is 1. The Kier molecular flexibility index (Phi) is 9.71. The summed E-state index contributed by atoms with van der Waals surface area (Å²) in [4.78, 5) is 20.2. The Hall–Kier alpha value is -2.93. The van der Waals surface area contributed by atoms with Crippen LogP contribution in [0, 0.1) is 11.3 Å². The van der Waals surface area contributed by atoms with Crippen molar-refractivity contribution in [2.75, 3.05) is 13.1 Å². The zero-order valence-electron chi connectivity index (χ0n) is 25.0. The molecule has 0 bridgehead atoms. The Balaban J connectivity index is 0.00000441. The Morgan fingerprint density at radius 1 is 1.05 bits per heavy atom. The number of nitrogens with zero attached hydrogens (tertiary/aromatic N) is 3. The van der Waals surface area contributed by atoms with E-state index in [0.29, 0.717) is 24.5 Å². The van der Waals surface area contributed by atoms with Crippen LogP contribution in [-0.2, 0) is 17.4 Å². The van der Waals surface area contributed by atoms with Gasteiger partial charge in [0.15, 0.2) is 5.78 Å². The number of phenolic OH excluding ortho intramolecular Hbond substituents is 1. The van der Waals surface area contributed by atoms with Crippen molar-refractivity contribution in [2.24, 2.45) is 5.92 Å². The number of aromatic nitrogens is 2. The predicted molar refractivity (Wildman–Crippen MR) is 168 cm³/mol. The molecule has 2 aromatic carbocycles. The lowest BCUT2D eigenvalue weighted by Crippen LogP contribution is -2.32. The van der Waals surface area contributed by atoms with E-state index in [1.807, 2.05) is 47.8 Å². The summed E-state index contributed by atoms with van der Waals surface area (Å²) in [6.45, 7) is 16.0. The van der Waals surface area contributed by atoms with Crippen LogP contribution in [0.15, 0.2) is 55.0 Å². The molecule has 4 rings (SSSR count). The van der Waals surface area contributed by atoms with Crippen molar-refractivity contribution in [1.29, 1.82) is 5.41 Å². The molecule has 0 aliphatic carbocycles. The highest BCUT2D eigenvalue weighted by Gasteiger charge is 2.40. The summed E-state index contributed by atoms with van der Waals surface area (Å²) < 4.78 is 2.15. The molecule has 7 heteroatoms. The number of carbonyl (C=O) groups is 1. The summed E-state index contributed by atoms with van der Waals surface area (Å²) in [5, 5.41) is 20.3. The van der Waals surface area contributed by atoms with Gasteiger partial charge in [-0.1, -0.05) is 85.2 Å². The third-order valence-electron chi connectivity index (χ3n) is 7.86. The lowest BCUT2D eigenvalue weighted by molar-refractivity contribution is 0.0963. The highest BCUT2D eigenvalue weighted by molar-refractivity contribution is 8.93. The van der Waals surface area contributed by atoms with Gasteiger partial charge in [0, 0.05) is 41.7 Å². The molecule has 1 aliphatic rings. The summed E-state index contributed by atoms with van der Waals surface area (Å²) >= 11 is 0. The summed E-state index contributed by atoms with van der Waals surface area (Å²) in [6.07, 6.45) is 5.74. The second-order valence-electron chi connectivity index (χ2n) is 13.1. The maximum Gasteiger partial charge on any atom is 0.182 e. The number of aromatic hydroxyl groups is 1. The van der Waals surface area contributed by atoms with Crippen LogP contribution in [-0.4, -0.2) is 44.3 Å². The first-order chi connectivity index (χ1) is 18.3. The molecule has 40 heavy (non-hydrogen) atoms. The van der Waals surface area contributed by atoms with Gasteiger partial charge in [0.25, 0.3) is 0 Å². The molecule has 2 unspecified atom stereocenters. The zero-order valence-corrected chi connectivity index (χ0v) is 26.7. The average molecular weight is 610 g/mol. The fourth-order valence-corrected chi connectivity index (χ4v) is 5.77. The van der Waals surface area contributed by atoms with Crippen LogP contribution in [0.1, 0.15) is 100.0 Å². The molecular formula is C33H45BrN4O2. The van der Waals surface area contributed by atoms with Gasteiger partial charge in [0.1, 0.15) is 11.6 Å². The summed E-state index contributed by atoms with van der Waals surface area (Å²) in [7, 11) is 0. The predicted octanol–water partition coefficient (Wildman–Crippen LogP) is 7.49. The van der Waals surface area contributed by atoms with E-state index in [4.69, 9.17) is 0 Å². The number of Topliss-reactive ketones (excluding diaryl/α,β-unsaturated/α-hetero) is 1. The number of hydrogen-bond donors (Lipinski definition) is 2. The van der Waals surface area contributed by atoms with E-state index in [0.717, 1.165) is 29.7 Å². The second kappa shape index (κ2) is 12.3. The number of imidazole rings is 1. The standard InChI is InChI=1S/C33H44N4O2.BrH/c1-8-12-23-19-36(31(34)29(23)27-17-35-21-37(27)18-22-13-10-9-11-14-22)20-28(38)24-15-25(32(2,3)4)30(39)26(16-24)33(5,6)7;/h9-11,13-17,21,23,29,34,39H,8,12,18-20H2,1-7H3;1H. The molecule has 0 radical (unpaired) electrons. The van der Waals surface area contributed by atoms with Crippen LogP contribution in [0.25, 0.3) is 0 Å². The van der Waals surface area contributed by atoms with Crippen LogP contribution < -0.4 is 0 Å². The van der Waals surface area contributed by atoms with Gasteiger partial charge in [-0.2, -0.15) is 0 Å². The molecule has 2 N–H and O–H groups in total. The quantitative estimate of drug-likeness (QED) is 0.260. The Bertz CT molecular complexity index is 1300. The van der Waals surface area contributed by atoms with Crippen molar-refractivity contribution in [3.05, 3.63) is 82.9 Å². The van der Waals surface area contributed by atoms with E-state index in [2.05, 4.69) is 70.1 Å². The Morgan fingerprint density at radius 2 is 1.65 bits per heavy atom. The number of ketones is 1. The van der Waals surface area contributed by atoms with E-state index in [1.54, 1.807) is 0 Å². The molecule has 0 amide bonds. The van der Waals surface area contributed by atoms with Crippen LogP contribution >= 0.6 is 17.0 Å². The number of phenols is 1. The van der Waals surface area contributed by atoms with E-state index in [-0.39, 0.29) is 57.7 Å². The summed E-state index contributed by atoms with van der Waals surface area (Å²) in [5.41, 5.74) is 3.76. The van der Waals surface area contributed by atoms with E-state index in [9.17, 15) is 15.3 Å². The number of rotatable bonds is 8. The van der Waals surface area contributed by atoms with E-state index in [1.165, 1.54) is 5.56 Å². The SMILES string of the molecule is Br.CCCC1CN(CC(=O)c2cc(C(C)(C)C)c(O)c(C(C)(C)C)c2)C(=N)C1c1cncn1Cc1ccccc1. The first-order valence-electron chi connectivity index (χ1n) is 14.1. The Labute approximate surface area is 250 Å². The number of carbonyl (C=O) groups excluding carboxylic acids is 1. The third-order valence-corrected chi connectivity index (χ3v) is 7.86. The average Bonchev–Trinajstić information content (AvgIpc) is 3.42. The molecule has 1 fully saturated rings. The summed E-state index contributed by atoms with van der Waals surface area (Å²) in [6, 6.07) is 14.0. The largest absolute Gasteiger partial charge is 0.507 e. The van der Waals surface area contributed by atoms with Gasteiger partial charge in [0.2, 0.25) is 0 Å². The second-order valence-corrected chi connectivity index (χ2v) is 13.1. The smallest absolute Gasteiger partial charge is 0.182 e. The van der Waals surface area contributed by atoms with Gasteiger partial charge in [-0.3, -0.25) is 10.2 Å². The van der Waals surface area contributed by atoms with Crippen LogP contribution in [0.3, 0.4) is 0 Å². The minimum Gasteiger partial charge on any atom is -0.507 e. The van der Waals surface area contributed by atoms with Crippen LogP contribution in [0.4, 0.5) is 0 Å². The highest BCUT2D eigenvalue weighted by Crippen LogP contribution is 2.41. The number of likely N-dealkylation sites (tertiary alicyclic amines) is 1. The van der Waals surface area contributed by atoms with Crippen molar-refractivity contribution >= 4 is 28.6 Å². The molecule has 0 saturated carbocycles. The molecule has 0 spiro atoms. The topological polar surface area (TPSA) is 82.2 Å². The maximum absolute atomic E-state index is 13.7. The molecule has 2 heterocycles. The maximum atomic E-state index is 13.7. The highest BCUT2D eigenvalue weighted by atomic mass is 79.9. The fourth-order valence-electron chi connectivity index (χ4n) is 5.77. The number of halogens is 1. The number of hydrogen-bond acceptors (Lipinski definition) is 4. The molecule has 3 aromatic rings. The number of benzene rings is 2. The van der Waals surface area contributed by atoms with Crippen LogP contribution in [0.2, 0.25) is 0 Å². The first-order valence-corrected chi connectivity index (χ1v) is 14.1. The lowest BCUT2D eigenvalue weighted by atomic mass is 9.78. The van der Waals surface area contributed by atoms with Gasteiger partial charge < -0.3 is 14.6 Å². The molecular weight excluding hydrogens is 564 g/mol. The van der Waals surface area contributed by atoms with Gasteiger partial charge >= 0.3 is 0 Å². The van der Waals surface area contributed by atoms with Crippen molar-refractivity contribution in [3.63, 3.8) is 0 Å². The fraction of sp³-hybridized carbons (Fsp3) is 0.485. The Morgan fingerprint density at radius 3 is 2.20 bits per heavy atom. The normalized spacial score (nSPS) is 17.7. The summed E-state index contributed by atoms with van der Waals surface area (Å²) in [5.74, 6) is 0.887. The first kappa shape index (κ1) is 31.6.